The zero-order chi connectivity index (χ0) is 11.3. The van der Waals surface area contributed by atoms with Crippen molar-refractivity contribution in [2.24, 2.45) is 11.8 Å². The van der Waals surface area contributed by atoms with Crippen LogP contribution in [0, 0.1) is 11.8 Å². The Morgan fingerprint density at radius 3 is 2.27 bits per heavy atom. The van der Waals surface area contributed by atoms with Crippen LogP contribution in [0.5, 0.6) is 5.75 Å². The minimum Gasteiger partial charge on any atom is -0.497 e. The van der Waals surface area contributed by atoms with Crippen LogP contribution in [0.25, 0.3) is 0 Å². The highest BCUT2D eigenvalue weighted by atomic mass is 16.5. The van der Waals surface area contributed by atoms with Crippen LogP contribution in [0.4, 0.5) is 5.69 Å². The summed E-state index contributed by atoms with van der Waals surface area (Å²) in [6, 6.07) is 8.04. The van der Waals surface area contributed by atoms with Gasteiger partial charge >= 0.3 is 0 Å². The smallest absolute Gasteiger partial charge is 0.119 e. The highest BCUT2D eigenvalue weighted by molar-refractivity contribution is 5.46. The summed E-state index contributed by atoms with van der Waals surface area (Å²) in [6.07, 6.45) is 0. The molecule has 0 amide bonds. The lowest BCUT2D eigenvalue weighted by atomic mass is 9.98. The molecule has 0 heterocycles. The molecule has 2 heteroatoms. The summed E-state index contributed by atoms with van der Waals surface area (Å²) in [7, 11) is 1.68. The third-order valence-corrected chi connectivity index (χ3v) is 2.86. The summed E-state index contributed by atoms with van der Waals surface area (Å²) in [4.78, 5) is 0. The van der Waals surface area contributed by atoms with E-state index in [1.807, 2.05) is 24.3 Å². The molecule has 1 aromatic carbocycles. The fraction of sp³-hybridized carbons (Fsp3) is 0.538. The number of anilines is 1. The van der Waals surface area contributed by atoms with Crippen LogP contribution in [0.1, 0.15) is 22.2 Å². The quantitative estimate of drug-likeness (QED) is 0.799. The first-order valence-electron chi connectivity index (χ1n) is 5.51. The first-order chi connectivity index (χ1) is 7.13. The van der Waals surface area contributed by atoms with Crippen LogP contribution in [0.2, 0.25) is 0 Å². The second-order valence-electron chi connectivity index (χ2n) is 4.33. The number of ether oxygens (including phenoxy) is 1. The summed E-state index contributed by atoms with van der Waals surface area (Å²) in [5, 5.41) is 3.42. The molecule has 1 aromatic rings. The van der Waals surface area contributed by atoms with Crippen molar-refractivity contribution in [3.8, 4) is 5.75 Å². The summed E-state index contributed by atoms with van der Waals surface area (Å²) in [5.41, 5.74) is 1.16. The molecule has 0 aliphatic carbocycles. The molecule has 86 valence electrons. The standard InChI is InChI=1S/C13H21NO.H2/c1-10(2)11(3)9-14-12-5-7-13(15-4)8-6-12;/h5-8,10-11,14H,9H2,1-4H3;1H. The summed E-state index contributed by atoms with van der Waals surface area (Å²) in [6.45, 7) is 7.78. The first-order valence-corrected chi connectivity index (χ1v) is 5.51. The predicted octanol–water partition coefficient (Wildman–Crippen LogP) is 3.65. The summed E-state index contributed by atoms with van der Waals surface area (Å²) < 4.78 is 5.11. The van der Waals surface area contributed by atoms with Gasteiger partial charge in [0.2, 0.25) is 0 Å². The van der Waals surface area contributed by atoms with E-state index >= 15 is 0 Å². The molecule has 1 atom stereocenters. The Kier molecular flexibility index (Phi) is 4.47. The van der Waals surface area contributed by atoms with Crippen LogP contribution in [-0.2, 0) is 0 Å². The minimum atomic E-state index is 0. The zero-order valence-electron chi connectivity index (χ0n) is 10.1. The molecule has 0 fully saturated rings. The molecular formula is C13H23NO. The van der Waals surface area contributed by atoms with Gasteiger partial charge < -0.3 is 10.1 Å². The zero-order valence-corrected chi connectivity index (χ0v) is 10.1. The molecule has 0 spiro atoms. The monoisotopic (exact) mass is 209 g/mol. The van der Waals surface area contributed by atoms with Gasteiger partial charge in [-0.2, -0.15) is 0 Å². The van der Waals surface area contributed by atoms with E-state index < -0.39 is 0 Å². The fourth-order valence-corrected chi connectivity index (χ4v) is 1.22. The molecule has 0 aromatic heterocycles. The Morgan fingerprint density at radius 1 is 1.20 bits per heavy atom. The molecule has 2 nitrogen and oxygen atoms in total. The highest BCUT2D eigenvalue weighted by Crippen LogP contribution is 2.16. The maximum Gasteiger partial charge on any atom is 0.119 e. The maximum atomic E-state index is 5.11. The van der Waals surface area contributed by atoms with Gasteiger partial charge in [-0.25, -0.2) is 0 Å². The third-order valence-electron chi connectivity index (χ3n) is 2.86. The van der Waals surface area contributed by atoms with E-state index in [0.29, 0.717) is 5.92 Å². The van der Waals surface area contributed by atoms with Crippen molar-refractivity contribution in [2.45, 2.75) is 20.8 Å². The second kappa shape index (κ2) is 5.64. The Morgan fingerprint density at radius 2 is 1.80 bits per heavy atom. The molecule has 0 aliphatic rings. The van der Waals surface area contributed by atoms with Gasteiger partial charge in [-0.15, -0.1) is 0 Å². The SMILES string of the molecule is COc1ccc(NCC(C)C(C)C)cc1.[HH]. The van der Waals surface area contributed by atoms with Gasteiger partial charge in [-0.1, -0.05) is 20.8 Å². The summed E-state index contributed by atoms with van der Waals surface area (Å²) >= 11 is 0. The molecular weight excluding hydrogens is 186 g/mol. The van der Waals surface area contributed by atoms with Crippen molar-refractivity contribution in [1.82, 2.24) is 0 Å². The maximum absolute atomic E-state index is 5.11. The lowest BCUT2D eigenvalue weighted by Crippen LogP contribution is -2.16. The highest BCUT2D eigenvalue weighted by Gasteiger charge is 2.06. The Balaban J connectivity index is 0.00000225. The number of nitrogens with one attached hydrogen (secondary N) is 1. The van der Waals surface area contributed by atoms with Crippen molar-refractivity contribution >= 4 is 5.69 Å². The van der Waals surface area contributed by atoms with E-state index in [1.54, 1.807) is 7.11 Å². The predicted molar refractivity (Wildman–Crippen MR) is 67.6 cm³/mol. The summed E-state index contributed by atoms with van der Waals surface area (Å²) in [5.74, 6) is 2.31. The molecule has 1 unspecified atom stereocenters. The Bertz CT molecular complexity index is 284. The van der Waals surface area contributed by atoms with Gasteiger partial charge in [0.25, 0.3) is 0 Å². The number of methoxy groups -OCH3 is 1. The van der Waals surface area contributed by atoms with Crippen molar-refractivity contribution in [1.29, 1.82) is 0 Å². The van der Waals surface area contributed by atoms with Crippen LogP contribution in [-0.4, -0.2) is 13.7 Å². The first kappa shape index (κ1) is 11.9. The number of hydrogen-bond donors (Lipinski definition) is 1. The molecule has 15 heavy (non-hydrogen) atoms. The van der Waals surface area contributed by atoms with E-state index in [4.69, 9.17) is 4.74 Å². The van der Waals surface area contributed by atoms with Crippen LogP contribution in [0.15, 0.2) is 24.3 Å². The minimum absolute atomic E-state index is 0. The number of hydrogen-bond acceptors (Lipinski definition) is 2. The number of benzene rings is 1. The average Bonchev–Trinajstić information content (AvgIpc) is 2.26. The van der Waals surface area contributed by atoms with E-state index in [0.717, 1.165) is 23.9 Å². The van der Waals surface area contributed by atoms with Crippen LogP contribution < -0.4 is 10.1 Å². The molecule has 0 radical (unpaired) electrons. The molecule has 0 aliphatic heterocycles. The van der Waals surface area contributed by atoms with Gasteiger partial charge in [0.1, 0.15) is 5.75 Å². The van der Waals surface area contributed by atoms with Crippen molar-refractivity contribution in [2.75, 3.05) is 19.0 Å². The van der Waals surface area contributed by atoms with Crippen LogP contribution >= 0.6 is 0 Å². The topological polar surface area (TPSA) is 21.3 Å². The van der Waals surface area contributed by atoms with E-state index in [9.17, 15) is 0 Å². The van der Waals surface area contributed by atoms with E-state index in [-0.39, 0.29) is 1.43 Å². The van der Waals surface area contributed by atoms with Gasteiger partial charge in [-0.3, -0.25) is 0 Å². The van der Waals surface area contributed by atoms with Gasteiger partial charge in [0.15, 0.2) is 0 Å². The molecule has 0 saturated carbocycles. The number of rotatable bonds is 5. The van der Waals surface area contributed by atoms with Crippen molar-refractivity contribution in [3.63, 3.8) is 0 Å². The lowest BCUT2D eigenvalue weighted by Gasteiger charge is -2.16. The van der Waals surface area contributed by atoms with Crippen molar-refractivity contribution < 1.29 is 6.16 Å². The average molecular weight is 209 g/mol. The molecule has 0 bridgehead atoms. The molecule has 1 N–H and O–H groups in total. The van der Waals surface area contributed by atoms with Gasteiger partial charge in [0, 0.05) is 13.7 Å². The second-order valence-corrected chi connectivity index (χ2v) is 4.33. The van der Waals surface area contributed by atoms with Gasteiger partial charge in [-0.05, 0) is 36.1 Å². The lowest BCUT2D eigenvalue weighted by molar-refractivity contribution is 0.415. The molecule has 0 saturated heterocycles. The Hall–Kier alpha value is -1.18. The fourth-order valence-electron chi connectivity index (χ4n) is 1.22. The largest absolute Gasteiger partial charge is 0.497 e. The van der Waals surface area contributed by atoms with Crippen molar-refractivity contribution in [3.05, 3.63) is 24.3 Å². The van der Waals surface area contributed by atoms with Crippen LogP contribution in [0.3, 0.4) is 0 Å². The van der Waals surface area contributed by atoms with E-state index in [1.165, 1.54) is 0 Å². The Labute approximate surface area is 94.1 Å². The van der Waals surface area contributed by atoms with Gasteiger partial charge in [0.05, 0.1) is 7.11 Å². The normalized spacial score (nSPS) is 12.6. The molecule has 1 rings (SSSR count). The van der Waals surface area contributed by atoms with E-state index in [2.05, 4.69) is 26.1 Å². The third kappa shape index (κ3) is 3.82.